The highest BCUT2D eigenvalue weighted by Gasteiger charge is 1.99. The molecule has 58 valence electrons. The van der Waals surface area contributed by atoms with Gasteiger partial charge in [0.2, 0.25) is 0 Å². The van der Waals surface area contributed by atoms with Crippen molar-refractivity contribution in [3.8, 4) is 5.75 Å². The fraction of sp³-hybridized carbons (Fsp3) is 0.200. The molecule has 0 atom stereocenters. The van der Waals surface area contributed by atoms with Crippen LogP contribution in [-0.2, 0) is 0 Å². The molecule has 0 aliphatic carbocycles. The summed E-state index contributed by atoms with van der Waals surface area (Å²) in [4.78, 5) is 0. The predicted octanol–water partition coefficient (Wildman–Crippen LogP) is 2.65. The van der Waals surface area contributed by atoms with Gasteiger partial charge in [-0.2, -0.15) is 0 Å². The Balaban J connectivity index is 3.35. The summed E-state index contributed by atoms with van der Waals surface area (Å²) in [6.07, 6.45) is 1.75. The molecule has 0 aliphatic heterocycles. The van der Waals surface area contributed by atoms with E-state index in [1.807, 2.05) is 13.8 Å². The molecule has 0 unspecified atom stereocenters. The Bertz CT molecular complexity index is 287. The summed E-state index contributed by atoms with van der Waals surface area (Å²) >= 11 is 0. The Morgan fingerprint density at radius 1 is 1.36 bits per heavy atom. The highest BCUT2D eigenvalue weighted by molar-refractivity contribution is 5.56. The summed E-state index contributed by atoms with van der Waals surface area (Å²) in [6, 6.07) is 3.47. The third-order valence-electron chi connectivity index (χ3n) is 1.91. The minimum atomic E-state index is 0.308. The van der Waals surface area contributed by atoms with Gasteiger partial charge in [-0.3, -0.25) is 0 Å². The van der Waals surface area contributed by atoms with Crippen LogP contribution in [0.1, 0.15) is 16.7 Å². The van der Waals surface area contributed by atoms with Crippen LogP contribution in [0.3, 0.4) is 0 Å². The van der Waals surface area contributed by atoms with Gasteiger partial charge in [-0.15, -0.1) is 0 Å². The maximum atomic E-state index is 9.20. The molecule has 0 fully saturated rings. The summed E-state index contributed by atoms with van der Waals surface area (Å²) in [6.45, 7) is 7.66. The normalized spacial score (nSPS) is 9.64. The van der Waals surface area contributed by atoms with Gasteiger partial charge in [0.05, 0.1) is 0 Å². The van der Waals surface area contributed by atoms with Crippen molar-refractivity contribution in [3.63, 3.8) is 0 Å². The van der Waals surface area contributed by atoms with Crippen LogP contribution in [0.15, 0.2) is 18.7 Å². The number of hydrogen-bond acceptors (Lipinski definition) is 1. The highest BCUT2D eigenvalue weighted by atomic mass is 16.3. The molecule has 0 aliphatic rings. The van der Waals surface area contributed by atoms with Crippen LogP contribution in [-0.4, -0.2) is 5.11 Å². The van der Waals surface area contributed by atoms with E-state index in [1.54, 1.807) is 18.2 Å². The second-order valence-electron chi connectivity index (χ2n) is 2.68. The monoisotopic (exact) mass is 148 g/mol. The van der Waals surface area contributed by atoms with Gasteiger partial charge in [-0.1, -0.05) is 12.7 Å². The Labute approximate surface area is 67.0 Å². The minimum Gasteiger partial charge on any atom is -0.508 e. The molecule has 1 aromatic rings. The van der Waals surface area contributed by atoms with Gasteiger partial charge in [0, 0.05) is 0 Å². The van der Waals surface area contributed by atoms with Crippen LogP contribution in [0.5, 0.6) is 5.75 Å². The number of phenols is 1. The molecule has 1 nitrogen and oxygen atoms in total. The number of benzene rings is 1. The molecule has 1 rings (SSSR count). The molecular formula is C10H12O. The van der Waals surface area contributed by atoms with E-state index in [9.17, 15) is 5.11 Å². The molecule has 0 amide bonds. The molecule has 0 heterocycles. The molecule has 0 saturated heterocycles. The van der Waals surface area contributed by atoms with Crippen LogP contribution in [0.25, 0.3) is 6.08 Å². The maximum absolute atomic E-state index is 9.20. The topological polar surface area (TPSA) is 20.2 Å². The summed E-state index contributed by atoms with van der Waals surface area (Å²) in [5, 5.41) is 9.20. The minimum absolute atomic E-state index is 0.308. The van der Waals surface area contributed by atoms with Crippen molar-refractivity contribution in [2.75, 3.05) is 0 Å². The number of aromatic hydroxyl groups is 1. The van der Waals surface area contributed by atoms with Crippen molar-refractivity contribution in [1.82, 2.24) is 0 Å². The lowest BCUT2D eigenvalue weighted by atomic mass is 10.0. The first-order valence-corrected chi connectivity index (χ1v) is 3.58. The van der Waals surface area contributed by atoms with Gasteiger partial charge in [0.1, 0.15) is 5.75 Å². The predicted molar refractivity (Wildman–Crippen MR) is 47.7 cm³/mol. The first kappa shape index (κ1) is 7.86. The Morgan fingerprint density at radius 3 is 2.55 bits per heavy atom. The Kier molecular flexibility index (Phi) is 1.99. The first-order chi connectivity index (χ1) is 5.15. The van der Waals surface area contributed by atoms with Crippen molar-refractivity contribution in [1.29, 1.82) is 0 Å². The van der Waals surface area contributed by atoms with Gasteiger partial charge in [-0.05, 0) is 42.7 Å². The van der Waals surface area contributed by atoms with Gasteiger partial charge >= 0.3 is 0 Å². The molecule has 0 radical (unpaired) electrons. The van der Waals surface area contributed by atoms with Gasteiger partial charge in [0.15, 0.2) is 0 Å². The Hall–Kier alpha value is -1.24. The smallest absolute Gasteiger partial charge is 0.116 e. The largest absolute Gasteiger partial charge is 0.508 e. The third-order valence-corrected chi connectivity index (χ3v) is 1.91. The van der Waals surface area contributed by atoms with E-state index < -0.39 is 0 Å². The molecular weight excluding hydrogens is 136 g/mol. The lowest BCUT2D eigenvalue weighted by Gasteiger charge is -2.04. The summed E-state index contributed by atoms with van der Waals surface area (Å²) in [5.74, 6) is 0.308. The number of hydrogen-bond donors (Lipinski definition) is 1. The van der Waals surface area contributed by atoms with Crippen molar-refractivity contribution >= 4 is 6.08 Å². The lowest BCUT2D eigenvalue weighted by Crippen LogP contribution is -1.84. The van der Waals surface area contributed by atoms with Gasteiger partial charge in [0.25, 0.3) is 0 Å². The van der Waals surface area contributed by atoms with E-state index in [4.69, 9.17) is 0 Å². The lowest BCUT2D eigenvalue weighted by molar-refractivity contribution is 0.474. The standard InChI is InChI=1S/C10H12O/c1-4-9-6-10(11)5-7(2)8(9)3/h4-6,11H,1H2,2-3H3. The van der Waals surface area contributed by atoms with Crippen LogP contribution in [0.2, 0.25) is 0 Å². The molecule has 1 N–H and O–H groups in total. The van der Waals surface area contributed by atoms with Crippen molar-refractivity contribution in [2.24, 2.45) is 0 Å². The second-order valence-corrected chi connectivity index (χ2v) is 2.68. The molecule has 11 heavy (non-hydrogen) atoms. The molecule has 1 heteroatoms. The fourth-order valence-corrected chi connectivity index (χ4v) is 1.08. The second kappa shape index (κ2) is 2.79. The number of phenolic OH excluding ortho intramolecular Hbond substituents is 1. The van der Waals surface area contributed by atoms with Crippen LogP contribution in [0, 0.1) is 13.8 Å². The van der Waals surface area contributed by atoms with E-state index in [0.29, 0.717) is 5.75 Å². The molecule has 1 aromatic carbocycles. The van der Waals surface area contributed by atoms with Crippen molar-refractivity contribution < 1.29 is 5.11 Å². The number of aryl methyl sites for hydroxylation is 1. The average molecular weight is 148 g/mol. The van der Waals surface area contributed by atoms with E-state index in [1.165, 1.54) is 5.56 Å². The Morgan fingerprint density at radius 2 is 2.00 bits per heavy atom. The zero-order valence-corrected chi connectivity index (χ0v) is 6.89. The summed E-state index contributed by atoms with van der Waals surface area (Å²) < 4.78 is 0. The average Bonchev–Trinajstić information content (AvgIpc) is 1.96. The SMILES string of the molecule is C=Cc1cc(O)cc(C)c1C. The quantitative estimate of drug-likeness (QED) is 0.649. The molecule has 0 spiro atoms. The van der Waals surface area contributed by atoms with Gasteiger partial charge < -0.3 is 5.11 Å². The molecule has 0 saturated carbocycles. The van der Waals surface area contributed by atoms with E-state index in [-0.39, 0.29) is 0 Å². The van der Waals surface area contributed by atoms with E-state index >= 15 is 0 Å². The number of rotatable bonds is 1. The third kappa shape index (κ3) is 1.43. The molecule has 0 aromatic heterocycles. The van der Waals surface area contributed by atoms with E-state index in [2.05, 4.69) is 6.58 Å². The van der Waals surface area contributed by atoms with E-state index in [0.717, 1.165) is 11.1 Å². The zero-order chi connectivity index (χ0) is 8.43. The summed E-state index contributed by atoms with van der Waals surface area (Å²) in [5.41, 5.74) is 3.28. The van der Waals surface area contributed by atoms with Crippen LogP contribution >= 0.6 is 0 Å². The first-order valence-electron chi connectivity index (χ1n) is 3.58. The highest BCUT2D eigenvalue weighted by Crippen LogP contribution is 2.20. The van der Waals surface area contributed by atoms with Crippen LogP contribution < -0.4 is 0 Å². The van der Waals surface area contributed by atoms with Crippen molar-refractivity contribution in [3.05, 3.63) is 35.4 Å². The summed E-state index contributed by atoms with van der Waals surface area (Å²) in [7, 11) is 0. The van der Waals surface area contributed by atoms with Gasteiger partial charge in [-0.25, -0.2) is 0 Å². The zero-order valence-electron chi connectivity index (χ0n) is 6.89. The maximum Gasteiger partial charge on any atom is 0.116 e. The van der Waals surface area contributed by atoms with Crippen molar-refractivity contribution in [2.45, 2.75) is 13.8 Å². The fourth-order valence-electron chi connectivity index (χ4n) is 1.08. The molecule has 0 bridgehead atoms. The van der Waals surface area contributed by atoms with Crippen LogP contribution in [0.4, 0.5) is 0 Å².